The molecule has 0 unspecified atom stereocenters. The van der Waals surface area contributed by atoms with Gasteiger partial charge >= 0.3 is 0 Å². The van der Waals surface area contributed by atoms with E-state index in [2.05, 4.69) is 46.3 Å². The third-order valence-corrected chi connectivity index (χ3v) is 5.56. The number of nitrogens with zero attached hydrogens (tertiary/aromatic N) is 4. The van der Waals surface area contributed by atoms with Gasteiger partial charge in [-0.3, -0.25) is 9.78 Å². The van der Waals surface area contributed by atoms with E-state index >= 15 is 0 Å². The summed E-state index contributed by atoms with van der Waals surface area (Å²) in [6, 6.07) is 18.4. The number of carbonyl (C=O) groups excluding carboxylic acids is 1. The van der Waals surface area contributed by atoms with E-state index in [1.807, 2.05) is 36.7 Å². The van der Waals surface area contributed by atoms with E-state index in [4.69, 9.17) is 10.7 Å². The molecule has 0 aliphatic carbocycles. The number of pyridine rings is 2. The maximum Gasteiger partial charge on any atom is 0.236 e. The topological polar surface area (TPSA) is 75.4 Å². The smallest absolute Gasteiger partial charge is 0.236 e. The van der Waals surface area contributed by atoms with Crippen molar-refractivity contribution in [3.63, 3.8) is 0 Å². The van der Waals surface area contributed by atoms with Crippen molar-refractivity contribution in [2.45, 2.75) is 13.0 Å². The zero-order valence-electron chi connectivity index (χ0n) is 17.7. The summed E-state index contributed by atoms with van der Waals surface area (Å²) in [6.07, 6.45) is 6.95. The summed E-state index contributed by atoms with van der Waals surface area (Å²) < 4.78 is 0. The minimum atomic E-state index is -0.0711. The summed E-state index contributed by atoms with van der Waals surface area (Å²) in [5.74, 6) is 0.905. The molecule has 0 spiro atoms. The Morgan fingerprint density at radius 3 is 2.68 bits per heavy atom. The standard InChI is InChI=1S/C25H27N5O/c1-29(25(31)16-26)18-19-5-4-6-21(15-19)22-8-9-24(28-17-22)30-13-10-20(11-14-30)23-7-2-3-12-27-23/h2-10,12,15,17H,11,13-14,16,18,26H2,1H3. The first-order valence-electron chi connectivity index (χ1n) is 10.5. The lowest BCUT2D eigenvalue weighted by Gasteiger charge is -2.27. The number of hydrogen-bond acceptors (Lipinski definition) is 5. The van der Waals surface area contributed by atoms with Crippen molar-refractivity contribution in [1.29, 1.82) is 0 Å². The van der Waals surface area contributed by atoms with Crippen LogP contribution in [0.25, 0.3) is 16.7 Å². The number of likely N-dealkylation sites (N-methyl/N-ethyl adjacent to an activating group) is 1. The molecule has 158 valence electrons. The number of carbonyl (C=O) groups is 1. The van der Waals surface area contributed by atoms with Gasteiger partial charge in [0.05, 0.1) is 12.2 Å². The monoisotopic (exact) mass is 413 g/mol. The molecule has 6 heteroatoms. The van der Waals surface area contributed by atoms with Gasteiger partial charge in [0.25, 0.3) is 0 Å². The summed E-state index contributed by atoms with van der Waals surface area (Å²) in [5.41, 5.74) is 11.0. The number of hydrogen-bond donors (Lipinski definition) is 1. The molecule has 0 bridgehead atoms. The van der Waals surface area contributed by atoms with Crippen molar-refractivity contribution >= 4 is 17.3 Å². The Kier molecular flexibility index (Phi) is 6.38. The summed E-state index contributed by atoms with van der Waals surface area (Å²) >= 11 is 0. The molecule has 2 aromatic heterocycles. The third kappa shape index (κ3) is 4.98. The molecule has 4 rings (SSSR count). The predicted octanol–water partition coefficient (Wildman–Crippen LogP) is 3.35. The van der Waals surface area contributed by atoms with E-state index in [-0.39, 0.29) is 12.5 Å². The van der Waals surface area contributed by atoms with Gasteiger partial charge in [-0.2, -0.15) is 0 Å². The van der Waals surface area contributed by atoms with Gasteiger partial charge in [0.1, 0.15) is 5.82 Å². The molecule has 1 amide bonds. The second-order valence-corrected chi connectivity index (χ2v) is 7.70. The number of benzene rings is 1. The fraction of sp³-hybridized carbons (Fsp3) is 0.240. The second-order valence-electron chi connectivity index (χ2n) is 7.70. The maximum absolute atomic E-state index is 11.7. The number of nitrogens with two attached hydrogens (primary N) is 1. The van der Waals surface area contributed by atoms with Gasteiger partial charge in [0, 0.05) is 44.6 Å². The molecule has 31 heavy (non-hydrogen) atoms. The van der Waals surface area contributed by atoms with E-state index in [0.717, 1.165) is 47.7 Å². The normalized spacial score (nSPS) is 13.6. The van der Waals surface area contributed by atoms with E-state index < -0.39 is 0 Å². The minimum Gasteiger partial charge on any atom is -0.353 e. The summed E-state index contributed by atoms with van der Waals surface area (Å²) in [6.45, 7) is 2.31. The highest BCUT2D eigenvalue weighted by atomic mass is 16.2. The molecule has 0 radical (unpaired) electrons. The SMILES string of the molecule is CN(Cc1cccc(-c2ccc(N3CC=C(c4ccccn4)CC3)nc2)c1)C(=O)CN. The lowest BCUT2D eigenvalue weighted by Crippen LogP contribution is -2.32. The van der Waals surface area contributed by atoms with Crippen molar-refractivity contribution in [3.05, 3.63) is 84.3 Å². The van der Waals surface area contributed by atoms with Crippen LogP contribution in [0.3, 0.4) is 0 Å². The van der Waals surface area contributed by atoms with Crippen molar-refractivity contribution in [2.75, 3.05) is 31.6 Å². The Morgan fingerprint density at radius 1 is 1.10 bits per heavy atom. The van der Waals surface area contributed by atoms with E-state index in [0.29, 0.717) is 6.54 Å². The van der Waals surface area contributed by atoms with Crippen LogP contribution < -0.4 is 10.6 Å². The number of amides is 1. The quantitative estimate of drug-likeness (QED) is 0.671. The van der Waals surface area contributed by atoms with Gasteiger partial charge in [0.15, 0.2) is 0 Å². The first-order valence-corrected chi connectivity index (χ1v) is 10.5. The van der Waals surface area contributed by atoms with Crippen LogP contribution in [0, 0.1) is 0 Å². The van der Waals surface area contributed by atoms with Crippen LogP contribution in [0.5, 0.6) is 0 Å². The predicted molar refractivity (Wildman–Crippen MR) is 124 cm³/mol. The maximum atomic E-state index is 11.7. The molecule has 0 saturated heterocycles. The van der Waals surface area contributed by atoms with Crippen LogP contribution in [0.4, 0.5) is 5.82 Å². The van der Waals surface area contributed by atoms with Gasteiger partial charge in [-0.1, -0.05) is 30.3 Å². The highest BCUT2D eigenvalue weighted by Gasteiger charge is 2.15. The van der Waals surface area contributed by atoms with Gasteiger partial charge < -0.3 is 15.5 Å². The molecule has 6 nitrogen and oxygen atoms in total. The van der Waals surface area contributed by atoms with Crippen LogP contribution in [0.15, 0.2) is 73.1 Å². The van der Waals surface area contributed by atoms with Crippen molar-refractivity contribution in [1.82, 2.24) is 14.9 Å². The summed E-state index contributed by atoms with van der Waals surface area (Å²) in [7, 11) is 1.77. The molecule has 1 aliphatic rings. The Balaban J connectivity index is 1.44. The Morgan fingerprint density at radius 2 is 2.00 bits per heavy atom. The Labute approximate surface area is 183 Å². The summed E-state index contributed by atoms with van der Waals surface area (Å²) in [5, 5.41) is 0. The number of rotatable bonds is 6. The fourth-order valence-corrected chi connectivity index (χ4v) is 3.77. The van der Waals surface area contributed by atoms with Crippen molar-refractivity contribution in [2.24, 2.45) is 5.73 Å². The molecule has 0 fully saturated rings. The molecule has 1 aromatic carbocycles. The van der Waals surface area contributed by atoms with Gasteiger partial charge in [-0.25, -0.2) is 4.98 Å². The molecular formula is C25H27N5O. The minimum absolute atomic E-state index is 0.0244. The molecule has 1 aliphatic heterocycles. The molecule has 0 atom stereocenters. The lowest BCUT2D eigenvalue weighted by atomic mass is 10.0. The third-order valence-electron chi connectivity index (χ3n) is 5.56. The largest absolute Gasteiger partial charge is 0.353 e. The average molecular weight is 414 g/mol. The van der Waals surface area contributed by atoms with Crippen LogP contribution in [0.2, 0.25) is 0 Å². The van der Waals surface area contributed by atoms with Gasteiger partial charge in [0.2, 0.25) is 5.91 Å². The van der Waals surface area contributed by atoms with Crippen LogP contribution in [-0.2, 0) is 11.3 Å². The lowest BCUT2D eigenvalue weighted by molar-refractivity contribution is -0.128. The first kappa shape index (κ1) is 20.8. The Bertz CT molecular complexity index is 1060. The zero-order valence-corrected chi connectivity index (χ0v) is 17.7. The van der Waals surface area contributed by atoms with Crippen LogP contribution in [0.1, 0.15) is 17.7 Å². The average Bonchev–Trinajstić information content (AvgIpc) is 2.84. The molecule has 2 N–H and O–H groups in total. The number of anilines is 1. The van der Waals surface area contributed by atoms with Crippen molar-refractivity contribution < 1.29 is 4.79 Å². The Hall–Kier alpha value is -3.51. The van der Waals surface area contributed by atoms with Crippen molar-refractivity contribution in [3.8, 4) is 11.1 Å². The molecule has 3 aromatic rings. The van der Waals surface area contributed by atoms with E-state index in [1.54, 1.807) is 11.9 Å². The fourth-order valence-electron chi connectivity index (χ4n) is 3.77. The van der Waals surface area contributed by atoms with E-state index in [1.165, 1.54) is 5.57 Å². The highest BCUT2D eigenvalue weighted by Crippen LogP contribution is 2.26. The van der Waals surface area contributed by atoms with Crippen LogP contribution >= 0.6 is 0 Å². The molecule has 0 saturated carbocycles. The second kappa shape index (κ2) is 9.53. The summed E-state index contributed by atoms with van der Waals surface area (Å²) in [4.78, 5) is 24.8. The van der Waals surface area contributed by atoms with E-state index in [9.17, 15) is 4.79 Å². The highest BCUT2D eigenvalue weighted by molar-refractivity contribution is 5.77. The van der Waals surface area contributed by atoms with Crippen LogP contribution in [-0.4, -0.2) is 47.5 Å². The van der Waals surface area contributed by atoms with Gasteiger partial charge in [-0.15, -0.1) is 0 Å². The van der Waals surface area contributed by atoms with Gasteiger partial charge in [-0.05, 0) is 53.5 Å². The molecule has 3 heterocycles. The number of aromatic nitrogens is 2. The first-order chi connectivity index (χ1) is 15.1. The zero-order chi connectivity index (χ0) is 21.6. The molecular weight excluding hydrogens is 386 g/mol.